The fraction of sp³-hybridized carbons (Fsp3) is 0.364. The van der Waals surface area contributed by atoms with Crippen LogP contribution in [0.5, 0.6) is 0 Å². The second kappa shape index (κ2) is 4.97. The van der Waals surface area contributed by atoms with Gasteiger partial charge in [-0.1, -0.05) is 29.8 Å². The Labute approximate surface area is 100 Å². The maximum atomic E-state index is 11.7. The summed E-state index contributed by atoms with van der Waals surface area (Å²) in [6.45, 7) is 1.40. The topological polar surface area (TPSA) is 51.2 Å². The van der Waals surface area contributed by atoms with Crippen molar-refractivity contribution >= 4 is 27.2 Å². The van der Waals surface area contributed by atoms with E-state index in [2.05, 4.69) is 0 Å². The van der Waals surface area contributed by atoms with Crippen LogP contribution in [0.15, 0.2) is 24.3 Å². The molecule has 0 heterocycles. The lowest BCUT2D eigenvalue weighted by molar-refractivity contribution is -0.117. The largest absolute Gasteiger partial charge is 0.298 e. The van der Waals surface area contributed by atoms with Crippen LogP contribution in [0.4, 0.5) is 0 Å². The average molecular weight is 261 g/mol. The summed E-state index contributed by atoms with van der Waals surface area (Å²) in [5, 5.41) is -0.500. The van der Waals surface area contributed by atoms with Gasteiger partial charge in [-0.15, -0.1) is 0 Å². The van der Waals surface area contributed by atoms with Crippen LogP contribution in [0.2, 0.25) is 5.02 Å². The summed E-state index contributed by atoms with van der Waals surface area (Å²) in [5.74, 6) is -0.337. The molecule has 0 amide bonds. The van der Waals surface area contributed by atoms with Crippen LogP contribution in [0.25, 0.3) is 0 Å². The summed E-state index contributed by atoms with van der Waals surface area (Å²) in [7, 11) is -3.33. The van der Waals surface area contributed by atoms with Gasteiger partial charge in [0.1, 0.15) is 5.25 Å². The summed E-state index contributed by atoms with van der Waals surface area (Å²) in [6.07, 6.45) is 1.11. The summed E-state index contributed by atoms with van der Waals surface area (Å²) >= 11 is 5.89. The van der Waals surface area contributed by atoms with Gasteiger partial charge in [0.05, 0.1) is 0 Å². The van der Waals surface area contributed by atoms with Crippen molar-refractivity contribution in [1.29, 1.82) is 0 Å². The molecule has 0 aliphatic carbocycles. The van der Waals surface area contributed by atoms with Crippen LogP contribution in [0.3, 0.4) is 0 Å². The highest BCUT2D eigenvalue weighted by molar-refractivity contribution is 7.92. The normalized spacial score (nSPS) is 13.4. The first-order valence-corrected chi connectivity index (χ1v) is 7.10. The van der Waals surface area contributed by atoms with Crippen LogP contribution in [0, 0.1) is 0 Å². The number of Topliss-reactive ketones (excluding diaryl/α,β-unsaturated/α-hetero) is 1. The summed E-state index contributed by atoms with van der Waals surface area (Å²) in [4.78, 5) is 11.7. The number of hydrogen-bond donors (Lipinski definition) is 0. The lowest BCUT2D eigenvalue weighted by Crippen LogP contribution is -2.27. The van der Waals surface area contributed by atoms with Crippen molar-refractivity contribution in [2.24, 2.45) is 0 Å². The number of rotatable bonds is 4. The zero-order valence-electron chi connectivity index (χ0n) is 9.10. The van der Waals surface area contributed by atoms with E-state index in [1.54, 1.807) is 24.3 Å². The van der Waals surface area contributed by atoms with Gasteiger partial charge in [0.25, 0.3) is 0 Å². The van der Waals surface area contributed by atoms with Gasteiger partial charge in [0, 0.05) is 17.7 Å². The Bertz CT molecular complexity index is 494. The maximum Gasteiger partial charge on any atom is 0.157 e. The molecule has 0 aromatic heterocycles. The first-order valence-electron chi connectivity index (χ1n) is 4.77. The predicted molar refractivity (Wildman–Crippen MR) is 64.5 cm³/mol. The van der Waals surface area contributed by atoms with E-state index in [0.29, 0.717) is 10.6 Å². The second-order valence-electron chi connectivity index (χ2n) is 3.71. The molecule has 16 heavy (non-hydrogen) atoms. The summed E-state index contributed by atoms with van der Waals surface area (Å²) < 4.78 is 22.4. The highest BCUT2D eigenvalue weighted by atomic mass is 35.5. The van der Waals surface area contributed by atoms with Gasteiger partial charge < -0.3 is 0 Å². The molecular weight excluding hydrogens is 248 g/mol. The minimum absolute atomic E-state index is 0.0495. The molecule has 0 saturated heterocycles. The van der Waals surface area contributed by atoms with Crippen LogP contribution < -0.4 is 0 Å². The van der Waals surface area contributed by atoms with Crippen LogP contribution in [-0.2, 0) is 21.1 Å². The van der Waals surface area contributed by atoms with Crippen LogP contribution in [0.1, 0.15) is 12.5 Å². The molecule has 1 aromatic rings. The highest BCUT2D eigenvalue weighted by Crippen LogP contribution is 2.17. The van der Waals surface area contributed by atoms with Gasteiger partial charge in [-0.2, -0.15) is 0 Å². The number of carbonyl (C=O) groups excluding carboxylic acids is 1. The minimum atomic E-state index is -3.33. The first-order chi connectivity index (χ1) is 7.32. The number of benzene rings is 1. The SMILES string of the molecule is CC(C(=O)Cc1ccccc1Cl)S(C)(=O)=O. The molecule has 0 bridgehead atoms. The first kappa shape index (κ1) is 13.2. The monoisotopic (exact) mass is 260 g/mol. The minimum Gasteiger partial charge on any atom is -0.298 e. The van der Waals surface area contributed by atoms with Crippen LogP contribution in [-0.4, -0.2) is 25.7 Å². The third-order valence-electron chi connectivity index (χ3n) is 2.42. The van der Waals surface area contributed by atoms with Crippen molar-refractivity contribution in [3.8, 4) is 0 Å². The zero-order chi connectivity index (χ0) is 12.3. The van der Waals surface area contributed by atoms with E-state index in [1.807, 2.05) is 0 Å². The quantitative estimate of drug-likeness (QED) is 0.831. The molecule has 0 spiro atoms. The Morgan fingerprint density at radius 1 is 1.38 bits per heavy atom. The molecule has 5 heteroatoms. The average Bonchev–Trinajstić information content (AvgIpc) is 2.19. The van der Waals surface area contributed by atoms with E-state index in [4.69, 9.17) is 11.6 Å². The van der Waals surface area contributed by atoms with E-state index in [-0.39, 0.29) is 12.2 Å². The molecule has 0 aliphatic rings. The Hall–Kier alpha value is -0.870. The van der Waals surface area contributed by atoms with Gasteiger partial charge >= 0.3 is 0 Å². The zero-order valence-corrected chi connectivity index (χ0v) is 10.7. The maximum absolute atomic E-state index is 11.7. The Balaban J connectivity index is 2.84. The third kappa shape index (κ3) is 3.32. The number of sulfone groups is 1. The molecule has 1 rings (SSSR count). The Morgan fingerprint density at radius 3 is 2.44 bits per heavy atom. The molecule has 0 fully saturated rings. The van der Waals surface area contributed by atoms with Gasteiger partial charge in [0.15, 0.2) is 15.6 Å². The Kier molecular flexibility index (Phi) is 4.10. The summed E-state index contributed by atoms with van der Waals surface area (Å²) in [5.41, 5.74) is 0.657. The van der Waals surface area contributed by atoms with Gasteiger partial charge in [0.2, 0.25) is 0 Å². The lowest BCUT2D eigenvalue weighted by Gasteiger charge is -2.08. The van der Waals surface area contributed by atoms with E-state index in [9.17, 15) is 13.2 Å². The van der Waals surface area contributed by atoms with E-state index in [0.717, 1.165) is 6.26 Å². The van der Waals surface area contributed by atoms with Crippen molar-refractivity contribution in [1.82, 2.24) is 0 Å². The second-order valence-corrected chi connectivity index (χ2v) is 6.48. The number of halogens is 1. The smallest absolute Gasteiger partial charge is 0.157 e. The van der Waals surface area contributed by atoms with Crippen molar-refractivity contribution in [3.63, 3.8) is 0 Å². The Morgan fingerprint density at radius 2 is 1.94 bits per heavy atom. The molecular formula is C11H13ClO3S. The van der Waals surface area contributed by atoms with Gasteiger partial charge in [-0.3, -0.25) is 4.79 Å². The van der Waals surface area contributed by atoms with Crippen molar-refractivity contribution in [2.75, 3.05) is 6.26 Å². The van der Waals surface area contributed by atoms with Gasteiger partial charge in [-0.25, -0.2) is 8.42 Å². The van der Waals surface area contributed by atoms with Crippen molar-refractivity contribution in [2.45, 2.75) is 18.6 Å². The van der Waals surface area contributed by atoms with Gasteiger partial charge in [-0.05, 0) is 18.6 Å². The fourth-order valence-corrected chi connectivity index (χ4v) is 1.98. The molecule has 1 aromatic carbocycles. The highest BCUT2D eigenvalue weighted by Gasteiger charge is 2.23. The molecule has 1 unspecified atom stereocenters. The summed E-state index contributed by atoms with van der Waals surface area (Å²) in [6, 6.07) is 6.92. The predicted octanol–water partition coefficient (Wildman–Crippen LogP) is 1.88. The molecule has 0 N–H and O–H groups in total. The standard InChI is InChI=1S/C11H13ClO3S/c1-8(16(2,14)15)11(13)7-9-5-3-4-6-10(9)12/h3-6,8H,7H2,1-2H3. The number of carbonyl (C=O) groups is 1. The molecule has 3 nitrogen and oxygen atoms in total. The third-order valence-corrected chi connectivity index (χ3v) is 4.33. The van der Waals surface area contributed by atoms with E-state index >= 15 is 0 Å². The molecule has 0 aliphatic heterocycles. The molecule has 0 radical (unpaired) electrons. The van der Waals surface area contributed by atoms with E-state index < -0.39 is 15.1 Å². The molecule has 1 atom stereocenters. The number of ketones is 1. The number of hydrogen-bond acceptors (Lipinski definition) is 3. The lowest BCUT2D eigenvalue weighted by atomic mass is 10.1. The van der Waals surface area contributed by atoms with E-state index in [1.165, 1.54) is 6.92 Å². The van der Waals surface area contributed by atoms with Crippen LogP contribution >= 0.6 is 11.6 Å². The van der Waals surface area contributed by atoms with Crippen molar-refractivity contribution < 1.29 is 13.2 Å². The van der Waals surface area contributed by atoms with Crippen molar-refractivity contribution in [3.05, 3.63) is 34.9 Å². The molecule has 88 valence electrons. The molecule has 0 saturated carbocycles. The fourth-order valence-electron chi connectivity index (χ4n) is 1.21.